The van der Waals surface area contributed by atoms with Crippen molar-refractivity contribution >= 4 is 0 Å². The minimum Gasteiger partial charge on any atom is -0.491 e. The van der Waals surface area contributed by atoms with Gasteiger partial charge in [0.05, 0.1) is 6.10 Å². The van der Waals surface area contributed by atoms with E-state index in [1.54, 1.807) is 0 Å². The third kappa shape index (κ3) is 5.06. The lowest BCUT2D eigenvalue weighted by Crippen LogP contribution is -2.16. The first-order chi connectivity index (χ1) is 9.74. The number of hydrogen-bond acceptors (Lipinski definition) is 2. The van der Waals surface area contributed by atoms with Gasteiger partial charge in [0.1, 0.15) is 5.75 Å². The first-order valence-electron chi connectivity index (χ1n) is 7.24. The summed E-state index contributed by atoms with van der Waals surface area (Å²) >= 11 is 0. The Labute approximate surface area is 121 Å². The van der Waals surface area contributed by atoms with Crippen molar-refractivity contribution in [1.82, 2.24) is 5.32 Å². The molecule has 0 fully saturated rings. The monoisotopic (exact) mass is 269 g/mol. The van der Waals surface area contributed by atoms with Crippen molar-refractivity contribution in [2.45, 2.75) is 32.9 Å². The molecule has 2 nitrogen and oxygen atoms in total. The molecule has 0 spiro atoms. The van der Waals surface area contributed by atoms with Gasteiger partial charge in [-0.2, -0.15) is 0 Å². The number of nitrogens with one attached hydrogen (secondary N) is 1. The summed E-state index contributed by atoms with van der Waals surface area (Å²) in [4.78, 5) is 0. The topological polar surface area (TPSA) is 21.3 Å². The van der Waals surface area contributed by atoms with Crippen LogP contribution in [0.1, 0.15) is 25.0 Å². The maximum Gasteiger partial charge on any atom is 0.120 e. The molecule has 0 heterocycles. The SMILES string of the molecule is CC(C)Oc1cccc(CNCCc2ccccc2)c1. The fraction of sp³-hybridized carbons (Fsp3) is 0.333. The highest BCUT2D eigenvalue weighted by Gasteiger charge is 1.99. The molecule has 0 aromatic heterocycles. The van der Waals surface area contributed by atoms with Crippen LogP contribution >= 0.6 is 0 Å². The minimum atomic E-state index is 0.219. The second kappa shape index (κ2) is 7.71. The molecule has 2 aromatic carbocycles. The Morgan fingerprint density at radius 2 is 1.70 bits per heavy atom. The molecule has 106 valence electrons. The van der Waals surface area contributed by atoms with Crippen molar-refractivity contribution < 1.29 is 4.74 Å². The molecular weight excluding hydrogens is 246 g/mol. The summed E-state index contributed by atoms with van der Waals surface area (Å²) in [5.41, 5.74) is 2.63. The van der Waals surface area contributed by atoms with Crippen molar-refractivity contribution in [3.8, 4) is 5.75 Å². The first kappa shape index (κ1) is 14.6. The van der Waals surface area contributed by atoms with Crippen LogP contribution in [0.5, 0.6) is 5.75 Å². The van der Waals surface area contributed by atoms with Crippen LogP contribution in [0.2, 0.25) is 0 Å². The van der Waals surface area contributed by atoms with E-state index in [9.17, 15) is 0 Å². The Kier molecular flexibility index (Phi) is 5.63. The lowest BCUT2D eigenvalue weighted by Gasteiger charge is -2.11. The maximum atomic E-state index is 5.70. The summed E-state index contributed by atoms with van der Waals surface area (Å²) in [5.74, 6) is 0.947. The highest BCUT2D eigenvalue weighted by atomic mass is 16.5. The Hall–Kier alpha value is -1.80. The number of benzene rings is 2. The summed E-state index contributed by atoms with van der Waals surface area (Å²) in [5, 5.41) is 3.48. The molecule has 2 rings (SSSR count). The molecule has 1 N–H and O–H groups in total. The van der Waals surface area contributed by atoms with Crippen molar-refractivity contribution in [2.75, 3.05) is 6.54 Å². The van der Waals surface area contributed by atoms with Crippen LogP contribution in [0.4, 0.5) is 0 Å². The molecule has 0 aliphatic rings. The predicted octanol–water partition coefficient (Wildman–Crippen LogP) is 3.81. The Bertz CT molecular complexity index is 508. The molecule has 0 radical (unpaired) electrons. The van der Waals surface area contributed by atoms with Crippen LogP contribution in [-0.2, 0) is 13.0 Å². The number of hydrogen-bond donors (Lipinski definition) is 1. The van der Waals surface area contributed by atoms with E-state index in [2.05, 4.69) is 47.8 Å². The quantitative estimate of drug-likeness (QED) is 0.772. The van der Waals surface area contributed by atoms with Gasteiger partial charge < -0.3 is 10.1 Å². The van der Waals surface area contributed by atoms with Gasteiger partial charge in [-0.1, -0.05) is 42.5 Å². The van der Waals surface area contributed by atoms with E-state index in [0.29, 0.717) is 0 Å². The van der Waals surface area contributed by atoms with Crippen LogP contribution in [0.25, 0.3) is 0 Å². The second-order valence-electron chi connectivity index (χ2n) is 5.23. The summed E-state index contributed by atoms with van der Waals surface area (Å²) < 4.78 is 5.70. The van der Waals surface area contributed by atoms with Gasteiger partial charge >= 0.3 is 0 Å². The summed E-state index contributed by atoms with van der Waals surface area (Å²) in [6, 6.07) is 18.8. The fourth-order valence-electron chi connectivity index (χ4n) is 2.11. The minimum absolute atomic E-state index is 0.219. The molecule has 0 atom stereocenters. The van der Waals surface area contributed by atoms with Gasteiger partial charge in [0.25, 0.3) is 0 Å². The Morgan fingerprint density at radius 1 is 0.950 bits per heavy atom. The molecule has 0 aliphatic heterocycles. The average molecular weight is 269 g/mol. The van der Waals surface area contributed by atoms with E-state index >= 15 is 0 Å². The standard InChI is InChI=1S/C18H23NO/c1-15(2)20-18-10-6-9-17(13-18)14-19-12-11-16-7-4-3-5-8-16/h3-10,13,15,19H,11-12,14H2,1-2H3. The Balaban J connectivity index is 1.76. The third-order valence-electron chi connectivity index (χ3n) is 3.03. The maximum absolute atomic E-state index is 5.70. The lowest BCUT2D eigenvalue weighted by atomic mass is 10.1. The van der Waals surface area contributed by atoms with Gasteiger partial charge in [-0.15, -0.1) is 0 Å². The van der Waals surface area contributed by atoms with Crippen LogP contribution in [0.3, 0.4) is 0 Å². The molecule has 0 saturated carbocycles. The first-order valence-corrected chi connectivity index (χ1v) is 7.24. The zero-order valence-corrected chi connectivity index (χ0v) is 12.3. The van der Waals surface area contributed by atoms with Crippen LogP contribution in [0, 0.1) is 0 Å². The zero-order chi connectivity index (χ0) is 14.2. The van der Waals surface area contributed by atoms with Gasteiger partial charge in [0.15, 0.2) is 0 Å². The van der Waals surface area contributed by atoms with Crippen LogP contribution < -0.4 is 10.1 Å². The molecule has 2 heteroatoms. The van der Waals surface area contributed by atoms with E-state index < -0.39 is 0 Å². The number of ether oxygens (including phenoxy) is 1. The fourth-order valence-corrected chi connectivity index (χ4v) is 2.11. The predicted molar refractivity (Wildman–Crippen MR) is 84.1 cm³/mol. The van der Waals surface area contributed by atoms with Crippen molar-refractivity contribution in [1.29, 1.82) is 0 Å². The van der Waals surface area contributed by atoms with Gasteiger partial charge in [-0.25, -0.2) is 0 Å². The van der Waals surface area contributed by atoms with E-state index in [-0.39, 0.29) is 6.10 Å². The van der Waals surface area contributed by atoms with Gasteiger partial charge in [-0.3, -0.25) is 0 Å². The number of rotatable bonds is 7. The molecule has 20 heavy (non-hydrogen) atoms. The Morgan fingerprint density at radius 3 is 2.45 bits per heavy atom. The van der Waals surface area contributed by atoms with E-state index in [1.165, 1.54) is 11.1 Å². The van der Waals surface area contributed by atoms with Gasteiger partial charge in [0.2, 0.25) is 0 Å². The van der Waals surface area contributed by atoms with Crippen molar-refractivity contribution in [3.05, 3.63) is 65.7 Å². The molecule has 0 saturated heterocycles. The molecule has 0 amide bonds. The molecule has 0 bridgehead atoms. The lowest BCUT2D eigenvalue weighted by molar-refractivity contribution is 0.242. The molecular formula is C18H23NO. The van der Waals surface area contributed by atoms with Gasteiger partial charge in [-0.05, 0) is 50.1 Å². The third-order valence-corrected chi connectivity index (χ3v) is 3.03. The zero-order valence-electron chi connectivity index (χ0n) is 12.3. The summed E-state index contributed by atoms with van der Waals surface area (Å²) in [6.07, 6.45) is 1.28. The van der Waals surface area contributed by atoms with Crippen LogP contribution in [-0.4, -0.2) is 12.6 Å². The van der Waals surface area contributed by atoms with Crippen molar-refractivity contribution in [2.24, 2.45) is 0 Å². The molecule has 0 aliphatic carbocycles. The summed E-state index contributed by atoms with van der Waals surface area (Å²) in [6.45, 7) is 5.96. The molecule has 0 unspecified atom stereocenters. The highest BCUT2D eigenvalue weighted by molar-refractivity contribution is 5.28. The highest BCUT2D eigenvalue weighted by Crippen LogP contribution is 2.14. The smallest absolute Gasteiger partial charge is 0.120 e. The summed E-state index contributed by atoms with van der Waals surface area (Å²) in [7, 11) is 0. The normalized spacial score (nSPS) is 10.8. The molecule has 2 aromatic rings. The average Bonchev–Trinajstić information content (AvgIpc) is 2.44. The van der Waals surface area contributed by atoms with Crippen molar-refractivity contribution in [3.63, 3.8) is 0 Å². The van der Waals surface area contributed by atoms with E-state index in [0.717, 1.165) is 25.3 Å². The largest absolute Gasteiger partial charge is 0.491 e. The van der Waals surface area contributed by atoms with Crippen LogP contribution in [0.15, 0.2) is 54.6 Å². The van der Waals surface area contributed by atoms with Gasteiger partial charge in [0, 0.05) is 6.54 Å². The van der Waals surface area contributed by atoms with E-state index in [4.69, 9.17) is 4.74 Å². The van der Waals surface area contributed by atoms with E-state index in [1.807, 2.05) is 26.0 Å². The second-order valence-corrected chi connectivity index (χ2v) is 5.23.